The van der Waals surface area contributed by atoms with Gasteiger partial charge in [0.25, 0.3) is 0 Å². The van der Waals surface area contributed by atoms with Crippen LogP contribution in [0.1, 0.15) is 5.56 Å². The first kappa shape index (κ1) is 16.2. The Morgan fingerprint density at radius 1 is 1.10 bits per heavy atom. The van der Waals surface area contributed by atoms with Crippen LogP contribution in [0, 0.1) is 5.82 Å². The third-order valence-corrected chi connectivity index (χ3v) is 5.11. The molecule has 0 bridgehead atoms. The summed E-state index contributed by atoms with van der Waals surface area (Å²) in [5, 5.41) is 0.445. The molecule has 0 aliphatic carbocycles. The topological polar surface area (TPSA) is 37.4 Å². The molecule has 0 spiro atoms. The number of hydrogen-bond acceptors (Lipinski definition) is 2. The molecule has 2 aromatic rings. The Bertz CT molecular complexity index is 745. The number of hydrogen-bond donors (Lipinski definition) is 0. The quantitative estimate of drug-likeness (QED) is 0.839. The summed E-state index contributed by atoms with van der Waals surface area (Å²) in [5.74, 6) is -0.455. The number of sulfonamides is 1. The zero-order chi connectivity index (χ0) is 15.6. The Labute approximate surface area is 133 Å². The maximum atomic E-state index is 13.6. The van der Waals surface area contributed by atoms with Crippen LogP contribution in [0.25, 0.3) is 0 Å². The van der Waals surface area contributed by atoms with Crippen molar-refractivity contribution in [2.75, 3.05) is 7.05 Å². The van der Waals surface area contributed by atoms with Gasteiger partial charge in [-0.15, -0.1) is 0 Å². The molecule has 0 aliphatic heterocycles. The molecule has 7 heteroatoms. The van der Waals surface area contributed by atoms with Gasteiger partial charge in [0.05, 0.1) is 4.90 Å². The monoisotopic (exact) mass is 347 g/mol. The summed E-state index contributed by atoms with van der Waals surface area (Å²) in [4.78, 5) is -0.0289. The molecule has 0 atom stereocenters. The molecule has 0 unspecified atom stereocenters. The Balaban J connectivity index is 2.33. The SMILES string of the molecule is CN(Cc1ccccc1F)S(=O)(=O)c1cc(Cl)cc(Cl)c1. The van der Waals surface area contributed by atoms with Crippen molar-refractivity contribution >= 4 is 33.2 Å². The van der Waals surface area contributed by atoms with Crippen LogP contribution in [0.2, 0.25) is 10.0 Å². The molecule has 2 rings (SSSR count). The highest BCUT2D eigenvalue weighted by atomic mass is 35.5. The van der Waals surface area contributed by atoms with Crippen LogP contribution in [0.4, 0.5) is 4.39 Å². The Morgan fingerprint density at radius 3 is 2.24 bits per heavy atom. The Hall–Kier alpha value is -1.14. The van der Waals surface area contributed by atoms with Crippen molar-refractivity contribution in [3.8, 4) is 0 Å². The van der Waals surface area contributed by atoms with Gasteiger partial charge in [0.15, 0.2) is 0 Å². The van der Waals surface area contributed by atoms with E-state index < -0.39 is 15.8 Å². The molecule has 0 aromatic heterocycles. The Morgan fingerprint density at radius 2 is 1.67 bits per heavy atom. The first-order valence-electron chi connectivity index (χ1n) is 5.96. The van der Waals surface area contributed by atoms with E-state index in [1.165, 1.54) is 37.4 Å². The lowest BCUT2D eigenvalue weighted by atomic mass is 10.2. The average molecular weight is 348 g/mol. The van der Waals surface area contributed by atoms with Crippen LogP contribution in [0.15, 0.2) is 47.4 Å². The lowest BCUT2D eigenvalue weighted by Crippen LogP contribution is -2.27. The largest absolute Gasteiger partial charge is 0.243 e. The standard InChI is InChI=1S/C14H12Cl2FNO2S/c1-18(9-10-4-2-3-5-14(10)17)21(19,20)13-7-11(15)6-12(16)8-13/h2-8H,9H2,1H3. The molecular weight excluding hydrogens is 336 g/mol. The minimum atomic E-state index is -3.80. The number of halogens is 3. The minimum absolute atomic E-state index is 0.0289. The summed E-state index contributed by atoms with van der Waals surface area (Å²) in [6, 6.07) is 10.1. The first-order chi connectivity index (χ1) is 9.80. The highest BCUT2D eigenvalue weighted by Gasteiger charge is 2.22. The molecular formula is C14H12Cl2FNO2S. The predicted octanol–water partition coefficient (Wildman–Crippen LogP) is 3.95. The zero-order valence-corrected chi connectivity index (χ0v) is 13.4. The second-order valence-corrected chi connectivity index (χ2v) is 7.38. The molecule has 0 fully saturated rings. The van der Waals surface area contributed by atoms with Crippen LogP contribution < -0.4 is 0 Å². The van der Waals surface area contributed by atoms with E-state index in [-0.39, 0.29) is 27.0 Å². The molecule has 3 nitrogen and oxygen atoms in total. The summed E-state index contributed by atoms with van der Waals surface area (Å²) in [7, 11) is -2.43. The van der Waals surface area contributed by atoms with Crippen LogP contribution in [0.3, 0.4) is 0 Å². The summed E-state index contributed by atoms with van der Waals surface area (Å²) in [6.07, 6.45) is 0. The minimum Gasteiger partial charge on any atom is -0.207 e. The van der Waals surface area contributed by atoms with E-state index in [4.69, 9.17) is 23.2 Å². The lowest BCUT2D eigenvalue weighted by molar-refractivity contribution is 0.456. The number of rotatable bonds is 4. The van der Waals surface area contributed by atoms with Crippen LogP contribution in [-0.2, 0) is 16.6 Å². The van der Waals surface area contributed by atoms with E-state index in [2.05, 4.69) is 0 Å². The summed E-state index contributed by atoms with van der Waals surface area (Å²) in [6.45, 7) is -0.0842. The van der Waals surface area contributed by atoms with Gasteiger partial charge in [-0.2, -0.15) is 4.31 Å². The maximum absolute atomic E-state index is 13.6. The van der Waals surface area contributed by atoms with Gasteiger partial charge in [-0.25, -0.2) is 12.8 Å². The smallest absolute Gasteiger partial charge is 0.207 e. The van der Waals surface area contributed by atoms with Gasteiger partial charge in [0.1, 0.15) is 5.82 Å². The third-order valence-electron chi connectivity index (χ3n) is 2.90. The molecule has 0 radical (unpaired) electrons. The molecule has 0 saturated heterocycles. The number of benzene rings is 2. The van der Waals surface area contributed by atoms with Gasteiger partial charge in [-0.1, -0.05) is 41.4 Å². The van der Waals surface area contributed by atoms with Gasteiger partial charge in [0, 0.05) is 29.2 Å². The fourth-order valence-corrected chi connectivity index (χ4v) is 3.69. The molecule has 0 amide bonds. The summed E-state index contributed by atoms with van der Waals surface area (Å²) in [5.41, 5.74) is 0.289. The van der Waals surface area contributed by atoms with Crippen LogP contribution >= 0.6 is 23.2 Å². The normalized spacial score (nSPS) is 11.9. The highest BCUT2D eigenvalue weighted by Crippen LogP contribution is 2.25. The van der Waals surface area contributed by atoms with Crippen molar-refractivity contribution in [3.63, 3.8) is 0 Å². The molecule has 0 saturated carbocycles. The second kappa shape index (κ2) is 6.32. The zero-order valence-electron chi connectivity index (χ0n) is 11.1. The van der Waals surface area contributed by atoms with Gasteiger partial charge in [-0.05, 0) is 24.3 Å². The third kappa shape index (κ3) is 3.74. The number of nitrogens with zero attached hydrogens (tertiary/aromatic N) is 1. The van der Waals surface area contributed by atoms with E-state index in [9.17, 15) is 12.8 Å². The van der Waals surface area contributed by atoms with Crippen molar-refractivity contribution in [1.29, 1.82) is 0 Å². The van der Waals surface area contributed by atoms with E-state index in [0.717, 1.165) is 4.31 Å². The molecule has 0 N–H and O–H groups in total. The molecule has 21 heavy (non-hydrogen) atoms. The van der Waals surface area contributed by atoms with E-state index >= 15 is 0 Å². The van der Waals surface area contributed by atoms with Gasteiger partial charge in [-0.3, -0.25) is 0 Å². The van der Waals surface area contributed by atoms with E-state index in [0.29, 0.717) is 0 Å². The van der Waals surface area contributed by atoms with Crippen LogP contribution in [-0.4, -0.2) is 19.8 Å². The molecule has 0 heterocycles. The van der Waals surface area contributed by atoms with Gasteiger partial charge >= 0.3 is 0 Å². The van der Waals surface area contributed by atoms with Gasteiger partial charge in [0.2, 0.25) is 10.0 Å². The lowest BCUT2D eigenvalue weighted by Gasteiger charge is -2.18. The molecule has 0 aliphatic rings. The predicted molar refractivity (Wildman–Crippen MR) is 81.5 cm³/mol. The Kier molecular flexibility index (Phi) is 4.88. The fourth-order valence-electron chi connectivity index (χ4n) is 1.81. The van der Waals surface area contributed by atoms with Crippen molar-refractivity contribution in [2.45, 2.75) is 11.4 Å². The van der Waals surface area contributed by atoms with E-state index in [1.54, 1.807) is 12.1 Å². The summed E-state index contributed by atoms with van der Waals surface area (Å²) < 4.78 is 39.5. The first-order valence-corrected chi connectivity index (χ1v) is 8.16. The van der Waals surface area contributed by atoms with Crippen molar-refractivity contribution in [1.82, 2.24) is 4.31 Å². The maximum Gasteiger partial charge on any atom is 0.243 e. The highest BCUT2D eigenvalue weighted by molar-refractivity contribution is 7.89. The van der Waals surface area contributed by atoms with Gasteiger partial charge < -0.3 is 0 Å². The van der Waals surface area contributed by atoms with Crippen molar-refractivity contribution in [3.05, 3.63) is 63.9 Å². The van der Waals surface area contributed by atoms with Crippen LogP contribution in [0.5, 0.6) is 0 Å². The van der Waals surface area contributed by atoms with E-state index in [1.807, 2.05) is 0 Å². The fraction of sp³-hybridized carbons (Fsp3) is 0.143. The summed E-state index contributed by atoms with van der Waals surface area (Å²) >= 11 is 11.6. The van der Waals surface area contributed by atoms with Crippen molar-refractivity contribution in [2.24, 2.45) is 0 Å². The molecule has 112 valence electrons. The molecule has 2 aromatic carbocycles. The second-order valence-electron chi connectivity index (χ2n) is 4.46. The van der Waals surface area contributed by atoms with Crippen molar-refractivity contribution < 1.29 is 12.8 Å². The average Bonchev–Trinajstić information content (AvgIpc) is 2.40.